The second-order valence-electron chi connectivity index (χ2n) is 2.55. The van der Waals surface area contributed by atoms with Crippen molar-refractivity contribution in [1.29, 1.82) is 0 Å². The van der Waals surface area contributed by atoms with Crippen LogP contribution in [0.5, 0.6) is 0 Å². The van der Waals surface area contributed by atoms with Gasteiger partial charge < -0.3 is 5.73 Å². The Morgan fingerprint density at radius 2 is 1.92 bits per heavy atom. The van der Waals surface area contributed by atoms with Crippen LogP contribution in [-0.4, -0.2) is 12.5 Å². The summed E-state index contributed by atoms with van der Waals surface area (Å²) >= 11 is 9.57. The Labute approximate surface area is 92.4 Å². The van der Waals surface area contributed by atoms with E-state index in [-0.39, 0.29) is 0 Å². The van der Waals surface area contributed by atoms with Crippen LogP contribution in [0.4, 0.5) is 5.69 Å². The molecular weight excluding hydrogens is 222 g/mol. The summed E-state index contributed by atoms with van der Waals surface area (Å²) in [7, 11) is 0. The van der Waals surface area contributed by atoms with E-state index in [0.717, 1.165) is 16.3 Å². The molecule has 0 aromatic heterocycles. The minimum Gasteiger partial charge on any atom is -0.398 e. The van der Waals surface area contributed by atoms with E-state index in [1.165, 1.54) is 0 Å². The van der Waals surface area contributed by atoms with Gasteiger partial charge in [0.05, 0.1) is 4.58 Å². The molecule has 0 unspecified atom stereocenters. The molecule has 0 atom stereocenters. The smallest absolute Gasteiger partial charge is 0.0780 e. The number of hydrogen-bond acceptors (Lipinski definition) is 3. The van der Waals surface area contributed by atoms with Crippen molar-refractivity contribution in [2.45, 2.75) is 4.58 Å². The quantitative estimate of drug-likeness (QED) is 0.638. The minimum atomic E-state index is 0.327. The number of nitrogen functional groups attached to an aromatic ring is 1. The Hall–Kier alpha value is 0.01000. The fourth-order valence-electron chi connectivity index (χ4n) is 1.13. The summed E-state index contributed by atoms with van der Waals surface area (Å²) in [6.07, 6.45) is 4.12. The Kier molecular flexibility index (Phi) is 4.29. The number of benzene rings is 1. The largest absolute Gasteiger partial charge is 0.398 e. The van der Waals surface area contributed by atoms with Crippen molar-refractivity contribution in [3.05, 3.63) is 28.8 Å². The van der Waals surface area contributed by atoms with E-state index >= 15 is 0 Å². The summed E-state index contributed by atoms with van der Waals surface area (Å²) in [6.45, 7) is 0. The monoisotopic (exact) mass is 233 g/mol. The Morgan fingerprint density at radius 1 is 1.31 bits per heavy atom. The van der Waals surface area contributed by atoms with Crippen LogP contribution >= 0.6 is 35.1 Å². The lowest BCUT2D eigenvalue weighted by Crippen LogP contribution is -1.97. The molecule has 1 rings (SSSR count). The van der Waals surface area contributed by atoms with Crippen LogP contribution in [0.1, 0.15) is 10.1 Å². The molecule has 13 heavy (non-hydrogen) atoms. The van der Waals surface area contributed by atoms with Crippen molar-refractivity contribution in [2.24, 2.45) is 0 Å². The lowest BCUT2D eigenvalue weighted by atomic mass is 10.2. The van der Waals surface area contributed by atoms with E-state index in [0.29, 0.717) is 4.58 Å². The van der Waals surface area contributed by atoms with Crippen molar-refractivity contribution in [2.75, 3.05) is 18.2 Å². The molecule has 0 saturated heterocycles. The Balaban J connectivity index is 3.10. The average Bonchev–Trinajstić information content (AvgIpc) is 2.11. The van der Waals surface area contributed by atoms with Gasteiger partial charge in [-0.25, -0.2) is 0 Å². The van der Waals surface area contributed by atoms with E-state index in [1.54, 1.807) is 23.5 Å². The molecule has 0 saturated carbocycles. The molecule has 0 aliphatic carbocycles. The van der Waals surface area contributed by atoms with Gasteiger partial charge in [0.1, 0.15) is 0 Å². The molecule has 0 bridgehead atoms. The summed E-state index contributed by atoms with van der Waals surface area (Å²) in [5.41, 5.74) is 7.69. The molecule has 0 aliphatic heterocycles. The van der Waals surface area contributed by atoms with Gasteiger partial charge in [-0.3, -0.25) is 0 Å². The Bertz CT molecular complexity index is 267. The topological polar surface area (TPSA) is 26.0 Å². The third kappa shape index (κ3) is 2.48. The van der Waals surface area contributed by atoms with Gasteiger partial charge in [0, 0.05) is 16.3 Å². The zero-order valence-corrected chi connectivity index (χ0v) is 9.97. The molecule has 0 fully saturated rings. The normalized spacial score (nSPS) is 10.8. The van der Waals surface area contributed by atoms with Gasteiger partial charge in [-0.05, 0) is 24.6 Å². The number of thioether (sulfide) groups is 2. The highest BCUT2D eigenvalue weighted by Gasteiger charge is 2.14. The molecule has 0 radical (unpaired) electrons. The fourth-order valence-corrected chi connectivity index (χ4v) is 3.32. The maximum atomic E-state index is 6.08. The van der Waals surface area contributed by atoms with Crippen LogP contribution in [0.3, 0.4) is 0 Å². The van der Waals surface area contributed by atoms with Gasteiger partial charge in [-0.1, -0.05) is 17.7 Å². The lowest BCUT2D eigenvalue weighted by Gasteiger charge is -2.15. The fraction of sp³-hybridized carbons (Fsp3) is 0.333. The first-order valence-electron chi connectivity index (χ1n) is 3.80. The maximum Gasteiger partial charge on any atom is 0.0780 e. The van der Waals surface area contributed by atoms with Gasteiger partial charge in [0.25, 0.3) is 0 Å². The molecular formula is C9H12ClNS2. The summed E-state index contributed by atoms with van der Waals surface area (Å²) in [5, 5.41) is 0.758. The van der Waals surface area contributed by atoms with E-state index in [1.807, 2.05) is 18.2 Å². The second kappa shape index (κ2) is 5.03. The van der Waals surface area contributed by atoms with Crippen molar-refractivity contribution in [1.82, 2.24) is 0 Å². The summed E-state index contributed by atoms with van der Waals surface area (Å²) < 4.78 is 0.327. The highest BCUT2D eigenvalue weighted by atomic mass is 35.5. The highest BCUT2D eigenvalue weighted by molar-refractivity contribution is 8.15. The van der Waals surface area contributed by atoms with E-state index in [4.69, 9.17) is 17.3 Å². The standard InChI is InChI=1S/C9H12ClNS2/c1-12-9(13-2)8-6(10)4-3-5-7(8)11/h3-5,9H,11H2,1-2H3. The van der Waals surface area contributed by atoms with Crippen molar-refractivity contribution in [3.8, 4) is 0 Å². The van der Waals surface area contributed by atoms with Gasteiger partial charge in [-0.15, -0.1) is 23.5 Å². The number of hydrogen-bond donors (Lipinski definition) is 1. The van der Waals surface area contributed by atoms with Gasteiger partial charge in [0.2, 0.25) is 0 Å². The van der Waals surface area contributed by atoms with Crippen LogP contribution in [0.25, 0.3) is 0 Å². The van der Waals surface area contributed by atoms with E-state index < -0.39 is 0 Å². The van der Waals surface area contributed by atoms with Crippen molar-refractivity contribution < 1.29 is 0 Å². The third-order valence-electron chi connectivity index (χ3n) is 1.75. The summed E-state index contributed by atoms with van der Waals surface area (Å²) in [4.78, 5) is 0. The zero-order valence-electron chi connectivity index (χ0n) is 7.58. The number of nitrogens with two attached hydrogens (primary N) is 1. The molecule has 2 N–H and O–H groups in total. The molecule has 0 aliphatic rings. The molecule has 72 valence electrons. The predicted molar refractivity (Wildman–Crippen MR) is 65.6 cm³/mol. The molecule has 0 heterocycles. The van der Waals surface area contributed by atoms with Gasteiger partial charge >= 0.3 is 0 Å². The average molecular weight is 234 g/mol. The molecule has 1 aromatic rings. The maximum absolute atomic E-state index is 6.08. The molecule has 4 heteroatoms. The first-order chi connectivity index (χ1) is 6.20. The molecule has 1 aromatic carbocycles. The predicted octanol–water partition coefficient (Wildman–Crippen LogP) is 3.65. The third-order valence-corrected chi connectivity index (χ3v) is 4.56. The van der Waals surface area contributed by atoms with Crippen molar-refractivity contribution >= 4 is 40.8 Å². The number of anilines is 1. The van der Waals surface area contributed by atoms with Crippen LogP contribution in [0, 0.1) is 0 Å². The highest BCUT2D eigenvalue weighted by Crippen LogP contribution is 2.42. The number of rotatable bonds is 3. The lowest BCUT2D eigenvalue weighted by molar-refractivity contribution is 1.39. The molecule has 1 nitrogen and oxygen atoms in total. The second-order valence-corrected chi connectivity index (χ2v) is 5.14. The zero-order chi connectivity index (χ0) is 9.84. The van der Waals surface area contributed by atoms with Crippen LogP contribution in [-0.2, 0) is 0 Å². The molecule has 0 spiro atoms. The number of halogens is 1. The van der Waals surface area contributed by atoms with Crippen LogP contribution in [0.15, 0.2) is 18.2 Å². The van der Waals surface area contributed by atoms with Crippen LogP contribution < -0.4 is 5.73 Å². The van der Waals surface area contributed by atoms with E-state index in [2.05, 4.69) is 12.5 Å². The summed E-state index contributed by atoms with van der Waals surface area (Å²) in [5.74, 6) is 0. The van der Waals surface area contributed by atoms with Gasteiger partial charge in [-0.2, -0.15) is 0 Å². The first-order valence-corrected chi connectivity index (χ1v) is 6.75. The molecule has 0 amide bonds. The van der Waals surface area contributed by atoms with Crippen molar-refractivity contribution in [3.63, 3.8) is 0 Å². The Morgan fingerprint density at radius 3 is 2.38 bits per heavy atom. The first kappa shape index (κ1) is 11.1. The van der Waals surface area contributed by atoms with E-state index in [9.17, 15) is 0 Å². The SMILES string of the molecule is CSC(SC)c1c(N)cccc1Cl. The van der Waals surface area contributed by atoms with Crippen LogP contribution in [0.2, 0.25) is 5.02 Å². The minimum absolute atomic E-state index is 0.327. The van der Waals surface area contributed by atoms with Gasteiger partial charge in [0.15, 0.2) is 0 Å². The summed E-state index contributed by atoms with van der Waals surface area (Å²) in [6, 6.07) is 5.65.